The van der Waals surface area contributed by atoms with Crippen LogP contribution in [-0.2, 0) is 9.59 Å². The van der Waals surface area contributed by atoms with E-state index in [1.54, 1.807) is 27.7 Å². The third kappa shape index (κ3) is 4.51. The van der Waals surface area contributed by atoms with Crippen LogP contribution in [0.25, 0.3) is 0 Å². The van der Waals surface area contributed by atoms with E-state index < -0.39 is 5.60 Å². The van der Waals surface area contributed by atoms with Gasteiger partial charge >= 0.3 is 0 Å². The minimum Gasteiger partial charge on any atom is -0.390 e. The summed E-state index contributed by atoms with van der Waals surface area (Å²) in [6.45, 7) is 11.0. The van der Waals surface area contributed by atoms with Gasteiger partial charge < -0.3 is 5.11 Å². The van der Waals surface area contributed by atoms with Crippen molar-refractivity contribution in [2.45, 2.75) is 72.8 Å². The lowest BCUT2D eigenvalue weighted by atomic mass is 9.82. The molecule has 0 aromatic carbocycles. The number of ketones is 2. The Balaban J connectivity index is 2.77. The second-order valence-corrected chi connectivity index (χ2v) is 6.83. The zero-order valence-electron chi connectivity index (χ0n) is 14.7. The summed E-state index contributed by atoms with van der Waals surface area (Å²) in [6, 6.07) is 0. The van der Waals surface area contributed by atoms with E-state index in [2.05, 4.69) is 6.08 Å². The summed E-state index contributed by atoms with van der Waals surface area (Å²) in [5.41, 5.74) is 2.59. The Labute approximate surface area is 133 Å². The Bertz CT molecular complexity index is 567. The molecule has 0 amide bonds. The number of carbonyl (C=O) groups excluding carboxylic acids is 2. The van der Waals surface area contributed by atoms with Gasteiger partial charge in [-0.2, -0.15) is 0 Å². The Hall–Kier alpha value is -1.48. The van der Waals surface area contributed by atoms with Gasteiger partial charge in [-0.05, 0) is 67.2 Å². The molecule has 0 aromatic rings. The molecule has 1 atom stereocenters. The Morgan fingerprint density at radius 2 is 1.55 bits per heavy atom. The van der Waals surface area contributed by atoms with E-state index in [0.29, 0.717) is 41.6 Å². The van der Waals surface area contributed by atoms with Gasteiger partial charge in [0.15, 0.2) is 11.6 Å². The average Bonchev–Trinajstić information content (AvgIpc) is 2.42. The molecule has 0 saturated heterocycles. The Kier molecular flexibility index (Phi) is 6.07. The predicted molar refractivity (Wildman–Crippen MR) is 89.6 cm³/mol. The summed E-state index contributed by atoms with van der Waals surface area (Å²) < 4.78 is 0. The van der Waals surface area contributed by atoms with Crippen LogP contribution in [0.4, 0.5) is 0 Å². The van der Waals surface area contributed by atoms with Crippen molar-refractivity contribution < 1.29 is 14.7 Å². The van der Waals surface area contributed by atoms with Crippen LogP contribution in [0, 0.1) is 0 Å². The average molecular weight is 304 g/mol. The number of aliphatic hydroxyl groups is 1. The summed E-state index contributed by atoms with van der Waals surface area (Å²) in [5, 5.41) is 10.5. The molecule has 1 N–H and O–H groups in total. The first kappa shape index (κ1) is 18.6. The minimum atomic E-state index is -0.827. The van der Waals surface area contributed by atoms with E-state index in [-0.39, 0.29) is 11.6 Å². The SMILES string of the molecule is CC(C)=CCCC(C)(O)CCC1=C(C)C(=O)C(C)=C(C)C1=O. The van der Waals surface area contributed by atoms with Crippen molar-refractivity contribution in [3.8, 4) is 0 Å². The largest absolute Gasteiger partial charge is 0.390 e. The smallest absolute Gasteiger partial charge is 0.185 e. The highest BCUT2D eigenvalue weighted by atomic mass is 16.3. The first-order chi connectivity index (χ1) is 10.1. The van der Waals surface area contributed by atoms with Crippen LogP contribution in [0.15, 0.2) is 33.9 Å². The fourth-order valence-electron chi connectivity index (χ4n) is 2.65. The standard InChI is InChI=1S/C19H28O3/c1-12(2)8-7-10-19(6,22)11-9-16-15(5)17(20)13(3)14(4)18(16)21/h8,22H,7,9-11H2,1-6H3. The van der Waals surface area contributed by atoms with Crippen LogP contribution in [0.2, 0.25) is 0 Å². The van der Waals surface area contributed by atoms with Crippen LogP contribution < -0.4 is 0 Å². The number of hydrogen-bond acceptors (Lipinski definition) is 3. The van der Waals surface area contributed by atoms with Crippen LogP contribution in [0.1, 0.15) is 67.2 Å². The van der Waals surface area contributed by atoms with Gasteiger partial charge in [-0.15, -0.1) is 0 Å². The van der Waals surface area contributed by atoms with Crippen molar-refractivity contribution in [2.24, 2.45) is 0 Å². The first-order valence-corrected chi connectivity index (χ1v) is 7.89. The monoisotopic (exact) mass is 304 g/mol. The highest BCUT2D eigenvalue weighted by Gasteiger charge is 2.29. The summed E-state index contributed by atoms with van der Waals surface area (Å²) in [4.78, 5) is 24.5. The molecule has 1 aliphatic carbocycles. The zero-order chi connectivity index (χ0) is 17.1. The van der Waals surface area contributed by atoms with Gasteiger partial charge in [-0.1, -0.05) is 11.6 Å². The summed E-state index contributed by atoms with van der Waals surface area (Å²) in [6.07, 6.45) is 4.51. The van der Waals surface area contributed by atoms with Crippen molar-refractivity contribution >= 4 is 11.6 Å². The van der Waals surface area contributed by atoms with Gasteiger partial charge in [0.05, 0.1) is 5.60 Å². The van der Waals surface area contributed by atoms with E-state index in [9.17, 15) is 14.7 Å². The summed E-state index contributed by atoms with van der Waals surface area (Å²) in [5.74, 6) is -0.0917. The van der Waals surface area contributed by atoms with Crippen molar-refractivity contribution in [1.82, 2.24) is 0 Å². The van der Waals surface area contributed by atoms with Crippen molar-refractivity contribution in [3.05, 3.63) is 33.9 Å². The first-order valence-electron chi connectivity index (χ1n) is 7.89. The molecule has 0 spiro atoms. The van der Waals surface area contributed by atoms with E-state index in [1.807, 2.05) is 13.8 Å². The summed E-state index contributed by atoms with van der Waals surface area (Å²) in [7, 11) is 0. The van der Waals surface area contributed by atoms with Gasteiger partial charge in [0, 0.05) is 22.3 Å². The number of hydrogen-bond donors (Lipinski definition) is 1. The second kappa shape index (κ2) is 7.19. The van der Waals surface area contributed by atoms with Gasteiger partial charge in [-0.3, -0.25) is 9.59 Å². The maximum atomic E-state index is 12.4. The lowest BCUT2D eigenvalue weighted by molar-refractivity contribution is -0.116. The molecular formula is C19H28O3. The van der Waals surface area contributed by atoms with Crippen molar-refractivity contribution in [1.29, 1.82) is 0 Å². The van der Waals surface area contributed by atoms with Crippen LogP contribution >= 0.6 is 0 Å². The Morgan fingerprint density at radius 1 is 1.00 bits per heavy atom. The van der Waals surface area contributed by atoms with Gasteiger partial charge in [0.2, 0.25) is 0 Å². The van der Waals surface area contributed by atoms with Crippen molar-refractivity contribution in [2.75, 3.05) is 0 Å². The maximum Gasteiger partial charge on any atom is 0.185 e. The fraction of sp³-hybridized carbons (Fsp3) is 0.579. The lowest BCUT2D eigenvalue weighted by Crippen LogP contribution is -2.26. The van der Waals surface area contributed by atoms with Crippen LogP contribution in [-0.4, -0.2) is 22.3 Å². The van der Waals surface area contributed by atoms with Crippen molar-refractivity contribution in [3.63, 3.8) is 0 Å². The lowest BCUT2D eigenvalue weighted by Gasteiger charge is -2.25. The fourth-order valence-corrected chi connectivity index (χ4v) is 2.65. The third-order valence-electron chi connectivity index (χ3n) is 4.46. The number of Topliss-reactive ketones (excluding diaryl/α,β-unsaturated/α-hetero) is 2. The molecule has 122 valence electrons. The van der Waals surface area contributed by atoms with Crippen LogP contribution in [0.3, 0.4) is 0 Å². The maximum absolute atomic E-state index is 12.4. The normalized spacial score (nSPS) is 18.7. The third-order valence-corrected chi connectivity index (χ3v) is 4.46. The molecule has 0 radical (unpaired) electrons. The van der Waals surface area contributed by atoms with E-state index in [1.165, 1.54) is 5.57 Å². The second-order valence-electron chi connectivity index (χ2n) is 6.83. The van der Waals surface area contributed by atoms with Gasteiger partial charge in [0.25, 0.3) is 0 Å². The number of allylic oxidation sites excluding steroid dienone is 6. The molecule has 0 heterocycles. The highest BCUT2D eigenvalue weighted by Crippen LogP contribution is 2.30. The van der Waals surface area contributed by atoms with E-state index in [0.717, 1.165) is 6.42 Å². The highest BCUT2D eigenvalue weighted by molar-refractivity contribution is 6.24. The molecule has 1 unspecified atom stereocenters. The molecule has 0 bridgehead atoms. The summed E-state index contributed by atoms with van der Waals surface area (Å²) >= 11 is 0. The molecule has 22 heavy (non-hydrogen) atoms. The molecule has 1 aliphatic rings. The van der Waals surface area contributed by atoms with Gasteiger partial charge in [0.1, 0.15) is 0 Å². The number of rotatable bonds is 6. The quantitative estimate of drug-likeness (QED) is 0.594. The molecule has 0 aromatic heterocycles. The van der Waals surface area contributed by atoms with Crippen LogP contribution in [0.5, 0.6) is 0 Å². The predicted octanol–water partition coefficient (Wildman–Crippen LogP) is 4.07. The minimum absolute atomic E-state index is 0.0451. The zero-order valence-corrected chi connectivity index (χ0v) is 14.7. The molecule has 1 rings (SSSR count). The number of carbonyl (C=O) groups is 2. The molecule has 0 fully saturated rings. The topological polar surface area (TPSA) is 54.4 Å². The molecular weight excluding hydrogens is 276 g/mol. The molecule has 3 heteroatoms. The molecule has 0 aliphatic heterocycles. The van der Waals surface area contributed by atoms with Gasteiger partial charge in [-0.25, -0.2) is 0 Å². The molecule has 3 nitrogen and oxygen atoms in total. The molecule has 0 saturated carbocycles. The van der Waals surface area contributed by atoms with E-state index in [4.69, 9.17) is 0 Å². The van der Waals surface area contributed by atoms with E-state index >= 15 is 0 Å². The Morgan fingerprint density at radius 3 is 2.09 bits per heavy atom.